The first-order chi connectivity index (χ1) is 11.7. The van der Waals surface area contributed by atoms with Gasteiger partial charge < -0.3 is 23.7 Å². The Bertz CT molecular complexity index is 410. The van der Waals surface area contributed by atoms with E-state index in [0.717, 1.165) is 12.8 Å². The molecule has 0 spiro atoms. The van der Waals surface area contributed by atoms with E-state index >= 15 is 0 Å². The maximum Gasteiger partial charge on any atom is 0.312 e. The predicted octanol–water partition coefficient (Wildman–Crippen LogP) is 1.83. The van der Waals surface area contributed by atoms with Gasteiger partial charge in [0.2, 0.25) is 0 Å². The molecule has 0 radical (unpaired) electrons. The molecule has 2 rings (SSSR count). The standard InChI is InChI=1S/C18H30O6/c1-18(14-15-3-4-16(18)13-15)17(19)24-12-11-23-10-9-22-8-7-21-6-5-20-2/h3-4,15-16H,5-14H2,1-2H3. The highest BCUT2D eigenvalue weighted by molar-refractivity contribution is 5.78. The maximum atomic E-state index is 12.3. The monoisotopic (exact) mass is 342 g/mol. The molecule has 24 heavy (non-hydrogen) atoms. The van der Waals surface area contributed by atoms with Crippen molar-refractivity contribution in [3.8, 4) is 0 Å². The van der Waals surface area contributed by atoms with Crippen molar-refractivity contribution in [1.82, 2.24) is 0 Å². The van der Waals surface area contributed by atoms with E-state index in [4.69, 9.17) is 23.7 Å². The van der Waals surface area contributed by atoms with E-state index in [1.165, 1.54) is 0 Å². The maximum absolute atomic E-state index is 12.3. The smallest absolute Gasteiger partial charge is 0.312 e. The Morgan fingerprint density at radius 2 is 1.54 bits per heavy atom. The van der Waals surface area contributed by atoms with Gasteiger partial charge in [0, 0.05) is 7.11 Å². The normalized spacial score (nSPS) is 27.8. The van der Waals surface area contributed by atoms with Gasteiger partial charge in [-0.2, -0.15) is 0 Å². The highest BCUT2D eigenvalue weighted by atomic mass is 16.6. The van der Waals surface area contributed by atoms with E-state index in [9.17, 15) is 4.79 Å². The van der Waals surface area contributed by atoms with Crippen LogP contribution in [-0.4, -0.2) is 65.9 Å². The largest absolute Gasteiger partial charge is 0.463 e. The summed E-state index contributed by atoms with van der Waals surface area (Å²) in [6, 6.07) is 0. The topological polar surface area (TPSA) is 63.2 Å². The number of rotatable bonds is 13. The van der Waals surface area contributed by atoms with Crippen LogP contribution in [0.4, 0.5) is 0 Å². The molecule has 0 N–H and O–H groups in total. The van der Waals surface area contributed by atoms with Gasteiger partial charge in [-0.05, 0) is 31.6 Å². The van der Waals surface area contributed by atoms with Gasteiger partial charge in [-0.25, -0.2) is 0 Å². The SMILES string of the molecule is COCCOCCOCCOCCOC(=O)C1(C)CC2C=CC1C2. The first kappa shape index (κ1) is 19.4. The highest BCUT2D eigenvalue weighted by Crippen LogP contribution is 2.52. The van der Waals surface area contributed by atoms with Gasteiger partial charge >= 0.3 is 5.97 Å². The number of fused-ring (bicyclic) bond motifs is 2. The van der Waals surface area contributed by atoms with Crippen LogP contribution in [0.5, 0.6) is 0 Å². The van der Waals surface area contributed by atoms with E-state index in [1.807, 2.05) is 6.92 Å². The average Bonchev–Trinajstić information content (AvgIpc) is 3.16. The summed E-state index contributed by atoms with van der Waals surface area (Å²) in [5, 5.41) is 0. The van der Waals surface area contributed by atoms with Crippen LogP contribution in [0, 0.1) is 17.3 Å². The fourth-order valence-electron chi connectivity index (χ4n) is 3.37. The Kier molecular flexibility index (Phi) is 8.18. The predicted molar refractivity (Wildman–Crippen MR) is 88.8 cm³/mol. The van der Waals surface area contributed by atoms with E-state index in [2.05, 4.69) is 12.2 Å². The zero-order chi connectivity index (χ0) is 17.3. The van der Waals surface area contributed by atoms with Gasteiger partial charge in [0.1, 0.15) is 6.61 Å². The summed E-state index contributed by atoms with van der Waals surface area (Å²) in [5.41, 5.74) is -0.342. The first-order valence-corrected chi connectivity index (χ1v) is 8.74. The molecule has 138 valence electrons. The van der Waals surface area contributed by atoms with Crippen molar-refractivity contribution in [3.05, 3.63) is 12.2 Å². The van der Waals surface area contributed by atoms with Crippen LogP contribution in [-0.2, 0) is 28.5 Å². The van der Waals surface area contributed by atoms with Gasteiger partial charge in [0.25, 0.3) is 0 Å². The molecule has 6 heteroatoms. The van der Waals surface area contributed by atoms with Crippen LogP contribution in [0.3, 0.4) is 0 Å². The summed E-state index contributed by atoms with van der Waals surface area (Å²) in [4.78, 5) is 12.3. The van der Waals surface area contributed by atoms with Crippen molar-refractivity contribution in [1.29, 1.82) is 0 Å². The molecule has 2 aliphatic carbocycles. The van der Waals surface area contributed by atoms with Crippen molar-refractivity contribution in [2.75, 3.05) is 60.0 Å². The zero-order valence-electron chi connectivity index (χ0n) is 14.8. The molecule has 6 nitrogen and oxygen atoms in total. The Morgan fingerprint density at radius 3 is 2.04 bits per heavy atom. The van der Waals surface area contributed by atoms with Crippen LogP contribution in [0.1, 0.15) is 19.8 Å². The summed E-state index contributed by atoms with van der Waals surface area (Å²) < 4.78 is 26.3. The van der Waals surface area contributed by atoms with Gasteiger partial charge in [-0.1, -0.05) is 12.2 Å². The third-order valence-corrected chi connectivity index (χ3v) is 4.78. The van der Waals surface area contributed by atoms with E-state index in [-0.39, 0.29) is 11.4 Å². The molecule has 0 aromatic heterocycles. The van der Waals surface area contributed by atoms with Gasteiger partial charge in [-0.3, -0.25) is 4.79 Å². The minimum Gasteiger partial charge on any atom is -0.463 e. The number of carbonyl (C=O) groups is 1. The quantitative estimate of drug-likeness (QED) is 0.289. The minimum atomic E-state index is -0.342. The van der Waals surface area contributed by atoms with Crippen molar-refractivity contribution in [3.63, 3.8) is 0 Å². The molecule has 2 bridgehead atoms. The summed E-state index contributed by atoms with van der Waals surface area (Å²) in [6.45, 7) is 5.99. The van der Waals surface area contributed by atoms with Crippen LogP contribution in [0.2, 0.25) is 0 Å². The molecule has 0 aromatic rings. The molecule has 0 aromatic carbocycles. The lowest BCUT2D eigenvalue weighted by Crippen LogP contribution is -2.34. The lowest BCUT2D eigenvalue weighted by molar-refractivity contribution is -0.158. The fourth-order valence-corrected chi connectivity index (χ4v) is 3.37. The Labute approximate surface area is 144 Å². The number of hydrogen-bond acceptors (Lipinski definition) is 6. The third-order valence-electron chi connectivity index (χ3n) is 4.78. The first-order valence-electron chi connectivity index (χ1n) is 8.74. The molecule has 0 saturated heterocycles. The molecule has 2 aliphatic rings. The summed E-state index contributed by atoms with van der Waals surface area (Å²) in [7, 11) is 1.64. The van der Waals surface area contributed by atoms with E-state index in [1.54, 1.807) is 7.11 Å². The third kappa shape index (κ3) is 5.55. The molecule has 3 unspecified atom stereocenters. The summed E-state index contributed by atoms with van der Waals surface area (Å²) in [6.07, 6.45) is 6.40. The summed E-state index contributed by atoms with van der Waals surface area (Å²) >= 11 is 0. The Morgan fingerprint density at radius 1 is 0.958 bits per heavy atom. The second-order valence-corrected chi connectivity index (χ2v) is 6.57. The zero-order valence-corrected chi connectivity index (χ0v) is 14.8. The fraction of sp³-hybridized carbons (Fsp3) is 0.833. The van der Waals surface area contributed by atoms with E-state index in [0.29, 0.717) is 64.7 Å². The number of ether oxygens (including phenoxy) is 5. The summed E-state index contributed by atoms with van der Waals surface area (Å²) in [5.74, 6) is 0.808. The highest BCUT2D eigenvalue weighted by Gasteiger charge is 2.50. The Hall–Kier alpha value is -0.950. The van der Waals surface area contributed by atoms with E-state index < -0.39 is 0 Å². The van der Waals surface area contributed by atoms with Gasteiger partial charge in [0.05, 0.1) is 51.7 Å². The number of hydrogen-bond donors (Lipinski definition) is 0. The molecule has 1 saturated carbocycles. The molecular weight excluding hydrogens is 312 g/mol. The molecular formula is C18H30O6. The van der Waals surface area contributed by atoms with Crippen molar-refractivity contribution in [2.24, 2.45) is 17.3 Å². The minimum absolute atomic E-state index is 0.0904. The molecule has 0 heterocycles. The lowest BCUT2D eigenvalue weighted by Gasteiger charge is -2.28. The van der Waals surface area contributed by atoms with Gasteiger partial charge in [-0.15, -0.1) is 0 Å². The van der Waals surface area contributed by atoms with Crippen molar-refractivity contribution in [2.45, 2.75) is 19.8 Å². The van der Waals surface area contributed by atoms with Crippen LogP contribution in [0.15, 0.2) is 12.2 Å². The second kappa shape index (κ2) is 10.1. The van der Waals surface area contributed by atoms with Crippen LogP contribution >= 0.6 is 0 Å². The number of esters is 1. The number of allylic oxidation sites excluding steroid dienone is 2. The van der Waals surface area contributed by atoms with Crippen molar-refractivity contribution < 1.29 is 28.5 Å². The molecule has 0 amide bonds. The number of methoxy groups -OCH3 is 1. The second-order valence-electron chi connectivity index (χ2n) is 6.57. The van der Waals surface area contributed by atoms with Gasteiger partial charge in [0.15, 0.2) is 0 Å². The van der Waals surface area contributed by atoms with Crippen LogP contribution in [0.25, 0.3) is 0 Å². The molecule has 1 fully saturated rings. The molecule has 3 atom stereocenters. The van der Waals surface area contributed by atoms with Crippen LogP contribution < -0.4 is 0 Å². The average molecular weight is 342 g/mol. The Balaban J connectivity index is 1.41. The number of carbonyl (C=O) groups excluding carboxylic acids is 1. The molecule has 0 aliphatic heterocycles. The van der Waals surface area contributed by atoms with Crippen molar-refractivity contribution >= 4 is 5.97 Å². The lowest BCUT2D eigenvalue weighted by atomic mass is 9.78.